The van der Waals surface area contributed by atoms with Crippen LogP contribution in [0.5, 0.6) is 0 Å². The number of likely N-dealkylation sites (tertiary alicyclic amines) is 1. The Hall–Kier alpha value is -0.845. The van der Waals surface area contributed by atoms with E-state index in [-0.39, 0.29) is 30.3 Å². The van der Waals surface area contributed by atoms with Crippen molar-refractivity contribution in [3.63, 3.8) is 0 Å². The molecule has 0 aromatic rings. The van der Waals surface area contributed by atoms with Crippen LogP contribution in [0.1, 0.15) is 59.8 Å². The highest BCUT2D eigenvalue weighted by molar-refractivity contribution is 6.54. The molecule has 1 unspecified atom stereocenters. The lowest BCUT2D eigenvalue weighted by atomic mass is 9.71. The highest BCUT2D eigenvalue weighted by atomic mass is 16.7. The summed E-state index contributed by atoms with van der Waals surface area (Å²) in [6.45, 7) is 9.34. The summed E-state index contributed by atoms with van der Waals surface area (Å²) < 4.78 is 17.3. The molecule has 0 N–H and O–H groups in total. The van der Waals surface area contributed by atoms with E-state index in [0.29, 0.717) is 6.04 Å². The fraction of sp³-hybridized carbons (Fsp3) is 0.833. The number of nitrogens with zero attached hydrogens (tertiary/aromatic N) is 1. The van der Waals surface area contributed by atoms with Crippen LogP contribution in [0.25, 0.3) is 0 Å². The second kappa shape index (κ2) is 6.47. The molecule has 2 aliphatic heterocycles. The van der Waals surface area contributed by atoms with Gasteiger partial charge in [0.2, 0.25) is 0 Å². The number of hydrogen-bond donors (Lipinski definition) is 0. The molecule has 1 aliphatic carbocycles. The molecule has 3 rings (SSSR count). The van der Waals surface area contributed by atoms with E-state index in [2.05, 4.69) is 38.7 Å². The van der Waals surface area contributed by atoms with Gasteiger partial charge in [-0.15, -0.1) is 0 Å². The van der Waals surface area contributed by atoms with Crippen molar-refractivity contribution in [2.45, 2.75) is 83.1 Å². The SMILES string of the molecule is COC(=O)[C@@H]1CCCN1C1CC=C(B2OC(C)(C)C(C)(C)O2)CC1. The number of rotatable bonds is 3. The predicted octanol–water partition coefficient (Wildman–Crippen LogP) is 2.73. The molecule has 2 atom stereocenters. The van der Waals surface area contributed by atoms with Crippen LogP contribution in [-0.4, -0.2) is 54.9 Å². The van der Waals surface area contributed by atoms with Crippen molar-refractivity contribution in [1.82, 2.24) is 4.90 Å². The highest BCUT2D eigenvalue weighted by Crippen LogP contribution is 2.40. The van der Waals surface area contributed by atoms with Gasteiger partial charge in [-0.25, -0.2) is 0 Å². The third-order valence-corrected chi connectivity index (χ3v) is 6.21. The van der Waals surface area contributed by atoms with E-state index < -0.39 is 0 Å². The Bertz CT molecular complexity index is 515. The Kier molecular flexibility index (Phi) is 4.84. The minimum absolute atomic E-state index is 0.0632. The van der Waals surface area contributed by atoms with Crippen molar-refractivity contribution in [2.75, 3.05) is 13.7 Å². The molecule has 24 heavy (non-hydrogen) atoms. The lowest BCUT2D eigenvalue weighted by molar-refractivity contribution is -0.146. The van der Waals surface area contributed by atoms with Crippen LogP contribution >= 0.6 is 0 Å². The maximum atomic E-state index is 12.0. The smallest absolute Gasteiger partial charge is 0.468 e. The van der Waals surface area contributed by atoms with Crippen molar-refractivity contribution < 1.29 is 18.8 Å². The van der Waals surface area contributed by atoms with Crippen LogP contribution < -0.4 is 0 Å². The second-order valence-electron chi connectivity index (χ2n) is 8.21. The number of hydrogen-bond acceptors (Lipinski definition) is 5. The summed E-state index contributed by atoms with van der Waals surface area (Å²) >= 11 is 0. The Morgan fingerprint density at radius 1 is 1.25 bits per heavy atom. The van der Waals surface area contributed by atoms with Crippen LogP contribution in [0.4, 0.5) is 0 Å². The van der Waals surface area contributed by atoms with Gasteiger partial charge in [-0.05, 0) is 71.8 Å². The lowest BCUT2D eigenvalue weighted by Crippen LogP contribution is -2.44. The number of allylic oxidation sites excluding steroid dienone is 1. The van der Waals surface area contributed by atoms with Gasteiger partial charge in [-0.3, -0.25) is 9.69 Å². The number of carbonyl (C=O) groups excluding carboxylic acids is 1. The molecule has 0 aromatic carbocycles. The first kappa shape index (κ1) is 18.0. The van der Waals surface area contributed by atoms with E-state index in [1.54, 1.807) is 0 Å². The van der Waals surface area contributed by atoms with Crippen LogP contribution in [0.15, 0.2) is 11.5 Å². The summed E-state index contributed by atoms with van der Waals surface area (Å²) in [6, 6.07) is 0.356. The van der Waals surface area contributed by atoms with E-state index in [1.807, 2.05) is 0 Å². The summed E-state index contributed by atoms with van der Waals surface area (Å²) in [5.74, 6) is -0.0896. The number of methoxy groups -OCH3 is 1. The second-order valence-corrected chi connectivity index (χ2v) is 8.21. The van der Waals surface area contributed by atoms with Gasteiger partial charge in [-0.2, -0.15) is 0 Å². The molecule has 0 saturated carbocycles. The monoisotopic (exact) mass is 335 g/mol. The first-order chi connectivity index (χ1) is 11.2. The van der Waals surface area contributed by atoms with Gasteiger partial charge < -0.3 is 14.0 Å². The molecule has 0 radical (unpaired) electrons. The lowest BCUT2D eigenvalue weighted by Gasteiger charge is -2.34. The molecule has 0 aromatic heterocycles. The van der Waals surface area contributed by atoms with Gasteiger partial charge in [0.15, 0.2) is 0 Å². The first-order valence-corrected chi connectivity index (χ1v) is 9.13. The molecular weight excluding hydrogens is 305 g/mol. The van der Waals surface area contributed by atoms with Crippen LogP contribution in [0.3, 0.4) is 0 Å². The third-order valence-electron chi connectivity index (χ3n) is 6.21. The molecule has 5 nitrogen and oxygen atoms in total. The van der Waals surface area contributed by atoms with E-state index >= 15 is 0 Å². The molecule has 134 valence electrons. The Morgan fingerprint density at radius 3 is 2.46 bits per heavy atom. The van der Waals surface area contributed by atoms with E-state index in [0.717, 1.165) is 38.6 Å². The molecule has 2 saturated heterocycles. The quantitative estimate of drug-likeness (QED) is 0.586. The molecular formula is C18H30BNO4. The predicted molar refractivity (Wildman–Crippen MR) is 93.5 cm³/mol. The van der Waals surface area contributed by atoms with Gasteiger partial charge in [0, 0.05) is 6.04 Å². The molecule has 3 aliphatic rings. The Morgan fingerprint density at radius 2 is 1.92 bits per heavy atom. The van der Waals surface area contributed by atoms with Gasteiger partial charge in [0.05, 0.1) is 18.3 Å². The fourth-order valence-electron chi connectivity index (χ4n) is 3.97. The average Bonchev–Trinajstić information content (AvgIpc) is 3.10. The van der Waals surface area contributed by atoms with Gasteiger partial charge in [-0.1, -0.05) is 6.08 Å². The highest BCUT2D eigenvalue weighted by Gasteiger charge is 2.52. The fourth-order valence-corrected chi connectivity index (χ4v) is 3.97. The minimum Gasteiger partial charge on any atom is -0.468 e. The Balaban J connectivity index is 1.64. The van der Waals surface area contributed by atoms with Crippen LogP contribution in [0, 0.1) is 0 Å². The molecule has 0 spiro atoms. The third kappa shape index (κ3) is 3.16. The molecule has 2 heterocycles. The van der Waals surface area contributed by atoms with E-state index in [1.165, 1.54) is 12.6 Å². The summed E-state index contributed by atoms with van der Waals surface area (Å²) in [5, 5.41) is 0. The molecule has 2 fully saturated rings. The Labute approximate surface area is 145 Å². The molecule has 6 heteroatoms. The number of ether oxygens (including phenoxy) is 1. The van der Waals surface area contributed by atoms with E-state index in [4.69, 9.17) is 14.0 Å². The average molecular weight is 335 g/mol. The van der Waals surface area contributed by atoms with Crippen molar-refractivity contribution in [3.8, 4) is 0 Å². The maximum absolute atomic E-state index is 12.0. The zero-order valence-corrected chi connectivity index (χ0v) is 15.6. The summed E-state index contributed by atoms with van der Waals surface area (Å²) in [6.07, 6.45) is 7.21. The zero-order chi connectivity index (χ0) is 17.5. The number of esters is 1. The van der Waals surface area contributed by atoms with Crippen LogP contribution in [-0.2, 0) is 18.8 Å². The zero-order valence-electron chi connectivity index (χ0n) is 15.6. The van der Waals surface area contributed by atoms with Crippen molar-refractivity contribution >= 4 is 13.1 Å². The first-order valence-electron chi connectivity index (χ1n) is 9.13. The van der Waals surface area contributed by atoms with Gasteiger partial charge in [0.1, 0.15) is 6.04 Å². The normalized spacial score (nSPS) is 32.7. The maximum Gasteiger partial charge on any atom is 0.490 e. The number of carbonyl (C=O) groups is 1. The van der Waals surface area contributed by atoms with Crippen molar-refractivity contribution in [3.05, 3.63) is 11.5 Å². The molecule has 0 amide bonds. The van der Waals surface area contributed by atoms with Gasteiger partial charge in [0.25, 0.3) is 0 Å². The van der Waals surface area contributed by atoms with Crippen molar-refractivity contribution in [2.24, 2.45) is 0 Å². The molecule has 0 bridgehead atoms. The van der Waals surface area contributed by atoms with E-state index in [9.17, 15) is 4.79 Å². The topological polar surface area (TPSA) is 48.0 Å². The van der Waals surface area contributed by atoms with Gasteiger partial charge >= 0.3 is 13.1 Å². The standard InChI is InChI=1S/C18H30BNO4/c1-17(2)18(3,4)24-19(23-17)13-8-10-14(11-9-13)20-12-6-7-15(20)16(21)22-5/h8,14-15H,6-7,9-12H2,1-5H3/t14?,15-/m0/s1. The van der Waals surface area contributed by atoms with Crippen molar-refractivity contribution in [1.29, 1.82) is 0 Å². The minimum atomic E-state index is -0.291. The van der Waals surface area contributed by atoms with Crippen LogP contribution in [0.2, 0.25) is 0 Å². The largest absolute Gasteiger partial charge is 0.490 e. The summed E-state index contributed by atoms with van der Waals surface area (Å²) in [4.78, 5) is 14.3. The summed E-state index contributed by atoms with van der Waals surface area (Å²) in [7, 11) is 1.25. The summed E-state index contributed by atoms with van der Waals surface area (Å²) in [5.41, 5.74) is 0.666.